The minimum Gasteiger partial charge on any atom is -0.367 e. The molecule has 0 bridgehead atoms. The lowest BCUT2D eigenvalue weighted by atomic mass is 10.1. The van der Waals surface area contributed by atoms with E-state index in [-0.39, 0.29) is 11.9 Å². The van der Waals surface area contributed by atoms with Gasteiger partial charge in [-0.05, 0) is 30.7 Å². The lowest BCUT2D eigenvalue weighted by molar-refractivity contribution is -0.130. The number of amides is 1. The molecule has 26 heavy (non-hydrogen) atoms. The largest absolute Gasteiger partial charge is 0.367 e. The molecule has 2 aromatic rings. The molecule has 2 aromatic carbocycles. The molecule has 0 aliphatic carbocycles. The molecule has 0 spiro atoms. The van der Waals surface area contributed by atoms with Crippen molar-refractivity contribution in [3.8, 4) is 0 Å². The van der Waals surface area contributed by atoms with Crippen LogP contribution in [0.3, 0.4) is 0 Å². The van der Waals surface area contributed by atoms with Crippen molar-refractivity contribution in [1.29, 1.82) is 0 Å². The van der Waals surface area contributed by atoms with Gasteiger partial charge in [0.2, 0.25) is 5.91 Å². The molecule has 138 valence electrons. The van der Waals surface area contributed by atoms with Gasteiger partial charge in [0.25, 0.3) is 0 Å². The summed E-state index contributed by atoms with van der Waals surface area (Å²) < 4.78 is 0. The van der Waals surface area contributed by atoms with E-state index in [2.05, 4.69) is 10.2 Å². The summed E-state index contributed by atoms with van der Waals surface area (Å²) in [5, 5.41) is 4.75. The molecule has 1 aliphatic heterocycles. The molecule has 0 saturated carbocycles. The highest BCUT2D eigenvalue weighted by Crippen LogP contribution is 2.26. The Bertz CT molecular complexity index is 760. The molecule has 1 saturated heterocycles. The summed E-state index contributed by atoms with van der Waals surface area (Å²) in [6.45, 7) is 5.30. The first-order valence-electron chi connectivity index (χ1n) is 8.81. The van der Waals surface area contributed by atoms with Crippen LogP contribution >= 0.6 is 23.2 Å². The maximum Gasteiger partial charge on any atom is 0.236 e. The average Bonchev–Trinajstić information content (AvgIpc) is 2.67. The number of nitrogens with zero attached hydrogens (tertiary/aromatic N) is 2. The van der Waals surface area contributed by atoms with Crippen molar-refractivity contribution in [2.45, 2.75) is 13.0 Å². The summed E-state index contributed by atoms with van der Waals surface area (Å²) in [4.78, 5) is 16.6. The van der Waals surface area contributed by atoms with E-state index in [1.54, 1.807) is 0 Å². The van der Waals surface area contributed by atoms with Gasteiger partial charge >= 0.3 is 0 Å². The van der Waals surface area contributed by atoms with Crippen LogP contribution in [0.4, 0.5) is 5.69 Å². The van der Waals surface area contributed by atoms with Crippen LogP contribution in [0.2, 0.25) is 10.0 Å². The van der Waals surface area contributed by atoms with Crippen LogP contribution in [0.5, 0.6) is 0 Å². The lowest BCUT2D eigenvalue weighted by Gasteiger charge is -2.36. The molecule has 0 unspecified atom stereocenters. The lowest BCUT2D eigenvalue weighted by Crippen LogP contribution is -2.51. The van der Waals surface area contributed by atoms with Gasteiger partial charge in [0.1, 0.15) is 0 Å². The molecule has 4 nitrogen and oxygen atoms in total. The smallest absolute Gasteiger partial charge is 0.236 e. The molecular weight excluding hydrogens is 369 g/mol. The molecule has 1 heterocycles. The van der Waals surface area contributed by atoms with Gasteiger partial charge in [-0.3, -0.25) is 4.79 Å². The van der Waals surface area contributed by atoms with Gasteiger partial charge in [-0.1, -0.05) is 53.5 Å². The van der Waals surface area contributed by atoms with E-state index in [0.717, 1.165) is 29.4 Å². The maximum absolute atomic E-state index is 12.5. The van der Waals surface area contributed by atoms with Gasteiger partial charge in [-0.15, -0.1) is 0 Å². The number of rotatable bonds is 5. The van der Waals surface area contributed by atoms with Gasteiger partial charge in [-0.2, -0.15) is 0 Å². The van der Waals surface area contributed by atoms with E-state index in [4.69, 9.17) is 23.2 Å². The molecule has 1 amide bonds. The normalized spacial score (nSPS) is 15.8. The Morgan fingerprint density at radius 1 is 1.00 bits per heavy atom. The number of carbonyl (C=O) groups excluding carboxylic acids is 1. The number of hydrogen-bond donors (Lipinski definition) is 1. The van der Waals surface area contributed by atoms with Gasteiger partial charge in [0, 0.05) is 37.2 Å². The molecule has 1 atom stereocenters. The molecule has 1 N–H and O–H groups in total. The minimum absolute atomic E-state index is 0.0251. The predicted molar refractivity (Wildman–Crippen MR) is 108 cm³/mol. The van der Waals surface area contributed by atoms with E-state index in [9.17, 15) is 4.79 Å². The van der Waals surface area contributed by atoms with Crippen molar-refractivity contribution in [1.82, 2.24) is 10.2 Å². The zero-order valence-corrected chi connectivity index (χ0v) is 16.3. The second-order valence-corrected chi connectivity index (χ2v) is 7.26. The Balaban J connectivity index is 1.50. The highest BCUT2D eigenvalue weighted by molar-refractivity contribution is 6.33. The number of carbonyl (C=O) groups is 1. The number of piperazine rings is 1. The third-order valence-electron chi connectivity index (χ3n) is 4.76. The summed E-state index contributed by atoms with van der Waals surface area (Å²) >= 11 is 12.5. The number of anilines is 1. The Hall–Kier alpha value is -1.75. The van der Waals surface area contributed by atoms with Crippen molar-refractivity contribution >= 4 is 34.8 Å². The van der Waals surface area contributed by atoms with Gasteiger partial charge < -0.3 is 15.1 Å². The third-order valence-corrected chi connectivity index (χ3v) is 5.42. The Morgan fingerprint density at radius 3 is 2.27 bits per heavy atom. The molecule has 1 fully saturated rings. The van der Waals surface area contributed by atoms with Crippen molar-refractivity contribution in [3.05, 3.63) is 64.1 Å². The summed E-state index contributed by atoms with van der Waals surface area (Å²) in [6.07, 6.45) is 0. The fraction of sp³-hybridized carbons (Fsp3) is 0.350. The molecule has 6 heteroatoms. The van der Waals surface area contributed by atoms with E-state index in [1.807, 2.05) is 60.4 Å². The Kier molecular flexibility index (Phi) is 6.41. The minimum atomic E-state index is 0.0251. The third kappa shape index (κ3) is 4.50. The van der Waals surface area contributed by atoms with E-state index >= 15 is 0 Å². The van der Waals surface area contributed by atoms with Crippen LogP contribution in [-0.2, 0) is 4.79 Å². The SMILES string of the molecule is C[C@@H](NCC(=O)N1CCN(c2ccccc2Cl)CC1)c1ccccc1Cl. The molecule has 3 rings (SSSR count). The predicted octanol–water partition coefficient (Wildman–Crippen LogP) is 3.99. The monoisotopic (exact) mass is 391 g/mol. The fourth-order valence-corrected chi connectivity index (χ4v) is 3.75. The van der Waals surface area contributed by atoms with Crippen LogP contribution in [0.25, 0.3) is 0 Å². The number of nitrogens with one attached hydrogen (secondary N) is 1. The molecular formula is C20H23Cl2N3O. The highest BCUT2D eigenvalue weighted by Gasteiger charge is 2.22. The van der Waals surface area contributed by atoms with Gasteiger partial charge in [-0.25, -0.2) is 0 Å². The first-order valence-corrected chi connectivity index (χ1v) is 9.57. The van der Waals surface area contributed by atoms with Crippen LogP contribution in [0, 0.1) is 0 Å². The Morgan fingerprint density at radius 2 is 1.62 bits per heavy atom. The van der Waals surface area contributed by atoms with E-state index in [0.29, 0.717) is 24.7 Å². The summed E-state index contributed by atoms with van der Waals surface area (Å²) in [5.74, 6) is 0.114. The average molecular weight is 392 g/mol. The summed E-state index contributed by atoms with van der Waals surface area (Å²) in [5.41, 5.74) is 2.04. The van der Waals surface area contributed by atoms with E-state index < -0.39 is 0 Å². The number of halogens is 2. The second-order valence-electron chi connectivity index (χ2n) is 6.44. The zero-order valence-electron chi connectivity index (χ0n) is 14.8. The number of para-hydroxylation sites is 1. The van der Waals surface area contributed by atoms with Gasteiger partial charge in [0.15, 0.2) is 0 Å². The van der Waals surface area contributed by atoms with Crippen molar-refractivity contribution in [2.24, 2.45) is 0 Å². The van der Waals surface area contributed by atoms with Crippen molar-refractivity contribution in [2.75, 3.05) is 37.6 Å². The van der Waals surface area contributed by atoms with Crippen LogP contribution in [0.1, 0.15) is 18.5 Å². The first kappa shape index (κ1) is 19.0. The molecule has 0 aromatic heterocycles. The summed E-state index contributed by atoms with van der Waals surface area (Å²) in [7, 11) is 0. The molecule has 0 radical (unpaired) electrons. The quantitative estimate of drug-likeness (QED) is 0.836. The standard InChI is InChI=1S/C20H23Cl2N3O/c1-15(16-6-2-3-7-17(16)21)23-14-20(26)25-12-10-24(11-13-25)19-9-5-4-8-18(19)22/h2-9,15,23H,10-14H2,1H3/t15-/m1/s1. The van der Waals surface area contributed by atoms with Gasteiger partial charge in [0.05, 0.1) is 17.3 Å². The molecule has 1 aliphatic rings. The van der Waals surface area contributed by atoms with Crippen LogP contribution < -0.4 is 10.2 Å². The van der Waals surface area contributed by atoms with Crippen molar-refractivity contribution < 1.29 is 4.79 Å². The first-order chi connectivity index (χ1) is 12.6. The van der Waals surface area contributed by atoms with Crippen LogP contribution in [0.15, 0.2) is 48.5 Å². The zero-order chi connectivity index (χ0) is 18.5. The van der Waals surface area contributed by atoms with Crippen molar-refractivity contribution in [3.63, 3.8) is 0 Å². The highest BCUT2D eigenvalue weighted by atomic mass is 35.5. The van der Waals surface area contributed by atoms with Crippen LogP contribution in [-0.4, -0.2) is 43.5 Å². The number of benzene rings is 2. The number of hydrogen-bond acceptors (Lipinski definition) is 3. The topological polar surface area (TPSA) is 35.6 Å². The maximum atomic E-state index is 12.5. The Labute approximate surface area is 164 Å². The van der Waals surface area contributed by atoms with E-state index in [1.165, 1.54) is 0 Å². The second kappa shape index (κ2) is 8.76. The summed E-state index contributed by atoms with van der Waals surface area (Å²) in [6, 6.07) is 15.6. The fourth-order valence-electron chi connectivity index (χ4n) is 3.19.